The molecule has 0 bridgehead atoms. The van der Waals surface area contributed by atoms with E-state index in [1.807, 2.05) is 38.0 Å². The molecule has 0 unspecified atom stereocenters. The van der Waals surface area contributed by atoms with E-state index >= 15 is 0 Å². The lowest BCUT2D eigenvalue weighted by Crippen LogP contribution is -2.35. The molecule has 0 aliphatic carbocycles. The molecule has 1 aromatic rings. The van der Waals surface area contributed by atoms with Crippen LogP contribution in [0.25, 0.3) is 0 Å². The standard InChI is InChI=1S/C16H26Cl3N3O2S/c1-20(2)7-5-9-22(10-6-8-21(3)4)25(23,24)16-14(18)11-13(17)12-15(16)19/h11-12H,5-10H2,1-4H3. The fraction of sp³-hybridized carbons (Fsp3) is 0.625. The van der Waals surface area contributed by atoms with Gasteiger partial charge in [0.2, 0.25) is 10.0 Å². The van der Waals surface area contributed by atoms with Crippen LogP contribution in [0.1, 0.15) is 12.8 Å². The number of nitrogens with zero attached hydrogens (tertiary/aromatic N) is 3. The highest BCUT2D eigenvalue weighted by Crippen LogP contribution is 2.34. The van der Waals surface area contributed by atoms with Crippen molar-refractivity contribution in [3.8, 4) is 0 Å². The minimum atomic E-state index is -3.80. The Morgan fingerprint density at radius 3 is 1.56 bits per heavy atom. The molecule has 5 nitrogen and oxygen atoms in total. The summed E-state index contributed by atoms with van der Waals surface area (Å²) >= 11 is 18.2. The molecule has 0 saturated carbocycles. The van der Waals surface area contributed by atoms with Crippen LogP contribution in [0.4, 0.5) is 0 Å². The third-order valence-electron chi connectivity index (χ3n) is 3.59. The van der Waals surface area contributed by atoms with Crippen molar-refractivity contribution < 1.29 is 8.42 Å². The first-order valence-corrected chi connectivity index (χ1v) is 10.6. The average Bonchev–Trinajstić information content (AvgIpc) is 2.43. The maximum atomic E-state index is 13.1. The van der Waals surface area contributed by atoms with Gasteiger partial charge in [0.15, 0.2) is 0 Å². The predicted molar refractivity (Wildman–Crippen MR) is 107 cm³/mol. The molecule has 0 aliphatic heterocycles. The minimum Gasteiger partial charge on any atom is -0.309 e. The molecule has 1 aromatic carbocycles. The van der Waals surface area contributed by atoms with Gasteiger partial charge >= 0.3 is 0 Å². The summed E-state index contributed by atoms with van der Waals surface area (Å²) in [6, 6.07) is 2.80. The maximum Gasteiger partial charge on any atom is 0.246 e. The van der Waals surface area contributed by atoms with Crippen molar-refractivity contribution >= 4 is 44.8 Å². The molecule has 0 spiro atoms. The number of benzene rings is 1. The number of rotatable bonds is 10. The van der Waals surface area contributed by atoms with Crippen LogP contribution >= 0.6 is 34.8 Å². The first kappa shape index (κ1) is 23.0. The van der Waals surface area contributed by atoms with Crippen LogP contribution in [0.2, 0.25) is 15.1 Å². The van der Waals surface area contributed by atoms with Gasteiger partial charge in [-0.2, -0.15) is 4.31 Å². The summed E-state index contributed by atoms with van der Waals surface area (Å²) in [5.41, 5.74) is 0. The Balaban J connectivity index is 3.08. The molecule has 0 aliphatic rings. The Morgan fingerprint density at radius 1 is 0.800 bits per heavy atom. The van der Waals surface area contributed by atoms with Gasteiger partial charge in [-0.25, -0.2) is 8.42 Å². The molecule has 144 valence electrons. The average molecular weight is 431 g/mol. The number of hydrogen-bond donors (Lipinski definition) is 0. The quantitative estimate of drug-likeness (QED) is 0.569. The minimum absolute atomic E-state index is 0.0442. The van der Waals surface area contributed by atoms with Gasteiger partial charge in [0.05, 0.1) is 10.0 Å². The zero-order valence-corrected chi connectivity index (χ0v) is 18.2. The molecule has 0 radical (unpaired) electrons. The van der Waals surface area contributed by atoms with Crippen molar-refractivity contribution in [2.75, 3.05) is 54.4 Å². The third kappa shape index (κ3) is 7.21. The zero-order valence-electron chi connectivity index (χ0n) is 15.1. The Labute approximate surface area is 166 Å². The van der Waals surface area contributed by atoms with E-state index in [0.717, 1.165) is 25.9 Å². The first-order valence-electron chi connectivity index (χ1n) is 8.00. The van der Waals surface area contributed by atoms with E-state index in [0.29, 0.717) is 18.1 Å². The molecule has 0 N–H and O–H groups in total. The van der Waals surface area contributed by atoms with Crippen LogP contribution < -0.4 is 0 Å². The van der Waals surface area contributed by atoms with Crippen molar-refractivity contribution in [3.05, 3.63) is 27.2 Å². The van der Waals surface area contributed by atoms with E-state index in [1.54, 1.807) is 0 Å². The van der Waals surface area contributed by atoms with E-state index in [4.69, 9.17) is 34.8 Å². The van der Waals surface area contributed by atoms with E-state index in [9.17, 15) is 8.42 Å². The second-order valence-electron chi connectivity index (χ2n) is 6.42. The van der Waals surface area contributed by atoms with Crippen molar-refractivity contribution in [1.29, 1.82) is 0 Å². The third-order valence-corrected chi connectivity index (χ3v) is 6.63. The monoisotopic (exact) mass is 429 g/mol. The van der Waals surface area contributed by atoms with Crippen LogP contribution in [0.3, 0.4) is 0 Å². The second kappa shape index (κ2) is 10.3. The van der Waals surface area contributed by atoms with Crippen LogP contribution in [-0.2, 0) is 10.0 Å². The molecule has 25 heavy (non-hydrogen) atoms. The van der Waals surface area contributed by atoms with Gasteiger partial charge < -0.3 is 9.80 Å². The largest absolute Gasteiger partial charge is 0.309 e. The summed E-state index contributed by atoms with van der Waals surface area (Å²) < 4.78 is 27.7. The summed E-state index contributed by atoms with van der Waals surface area (Å²) in [6.07, 6.45) is 1.44. The normalized spacial score (nSPS) is 12.6. The Kier molecular flexibility index (Phi) is 9.46. The van der Waals surface area contributed by atoms with Gasteiger partial charge in [-0.05, 0) is 66.3 Å². The SMILES string of the molecule is CN(C)CCCN(CCCN(C)C)S(=O)(=O)c1c(Cl)cc(Cl)cc1Cl. The highest BCUT2D eigenvalue weighted by atomic mass is 35.5. The van der Waals surface area contributed by atoms with Crippen molar-refractivity contribution in [2.24, 2.45) is 0 Å². The van der Waals surface area contributed by atoms with Crippen LogP contribution in [-0.4, -0.2) is 76.9 Å². The Hall–Kier alpha value is -0.0800. The van der Waals surface area contributed by atoms with Gasteiger partial charge in [0.25, 0.3) is 0 Å². The van der Waals surface area contributed by atoms with Crippen LogP contribution in [0, 0.1) is 0 Å². The highest BCUT2D eigenvalue weighted by molar-refractivity contribution is 7.89. The van der Waals surface area contributed by atoms with Crippen LogP contribution in [0.5, 0.6) is 0 Å². The smallest absolute Gasteiger partial charge is 0.246 e. The molecule has 9 heteroatoms. The zero-order chi connectivity index (χ0) is 19.2. The first-order chi connectivity index (χ1) is 11.6. The van der Waals surface area contributed by atoms with Gasteiger partial charge in [-0.3, -0.25) is 0 Å². The van der Waals surface area contributed by atoms with E-state index < -0.39 is 10.0 Å². The number of halogens is 3. The molecule has 1 rings (SSSR count). The van der Waals surface area contributed by atoms with Crippen molar-refractivity contribution in [2.45, 2.75) is 17.7 Å². The van der Waals surface area contributed by atoms with Gasteiger partial charge in [0.1, 0.15) is 4.90 Å². The molecule has 0 aromatic heterocycles. The molecule has 0 saturated heterocycles. The Morgan fingerprint density at radius 2 is 1.20 bits per heavy atom. The Bertz CT molecular complexity index is 630. The van der Waals surface area contributed by atoms with Gasteiger partial charge in [-0.15, -0.1) is 0 Å². The van der Waals surface area contributed by atoms with Gasteiger partial charge in [0, 0.05) is 18.1 Å². The maximum absolute atomic E-state index is 13.1. The van der Waals surface area contributed by atoms with Crippen LogP contribution in [0.15, 0.2) is 17.0 Å². The van der Waals surface area contributed by atoms with E-state index in [-0.39, 0.29) is 14.9 Å². The summed E-state index contributed by atoms with van der Waals surface area (Å²) in [6.45, 7) is 2.40. The highest BCUT2D eigenvalue weighted by Gasteiger charge is 2.29. The summed E-state index contributed by atoms with van der Waals surface area (Å²) in [5, 5.41) is 0.395. The van der Waals surface area contributed by atoms with E-state index in [1.165, 1.54) is 16.4 Å². The summed E-state index contributed by atoms with van der Waals surface area (Å²) in [7, 11) is 4.02. The fourth-order valence-corrected chi connectivity index (χ4v) is 5.39. The molecular weight excluding hydrogens is 405 g/mol. The summed E-state index contributed by atoms with van der Waals surface area (Å²) in [4.78, 5) is 3.97. The molecule has 0 amide bonds. The molecule has 0 atom stereocenters. The molecular formula is C16H26Cl3N3O2S. The second-order valence-corrected chi connectivity index (χ2v) is 9.54. The topological polar surface area (TPSA) is 43.9 Å². The lowest BCUT2D eigenvalue weighted by molar-refractivity contribution is 0.326. The molecule has 0 heterocycles. The molecule has 0 fully saturated rings. The number of sulfonamides is 1. The predicted octanol–water partition coefficient (Wildman–Crippen LogP) is 3.54. The van der Waals surface area contributed by atoms with E-state index in [2.05, 4.69) is 0 Å². The lowest BCUT2D eigenvalue weighted by atomic mass is 10.3. The van der Waals surface area contributed by atoms with Crippen molar-refractivity contribution in [3.63, 3.8) is 0 Å². The van der Waals surface area contributed by atoms with Gasteiger partial charge in [-0.1, -0.05) is 34.8 Å². The fourth-order valence-electron chi connectivity index (χ4n) is 2.38. The van der Waals surface area contributed by atoms with Crippen molar-refractivity contribution in [1.82, 2.24) is 14.1 Å². The lowest BCUT2D eigenvalue weighted by Gasteiger charge is -2.24. The number of hydrogen-bond acceptors (Lipinski definition) is 4. The summed E-state index contributed by atoms with van der Waals surface area (Å²) in [5.74, 6) is 0.